The third-order valence-corrected chi connectivity index (χ3v) is 11.9. The Hall–Kier alpha value is -5.74. The van der Waals surface area contributed by atoms with Gasteiger partial charge in [-0.1, -0.05) is 53.4 Å². The van der Waals surface area contributed by atoms with Crippen molar-refractivity contribution in [2.24, 2.45) is 0 Å². The lowest BCUT2D eigenvalue weighted by molar-refractivity contribution is -0.170. The Morgan fingerprint density at radius 3 is 0.986 bits per heavy atom. The summed E-state index contributed by atoms with van der Waals surface area (Å²) in [6.45, 7) is 16.9. The summed E-state index contributed by atoms with van der Waals surface area (Å²) in [6, 6.07) is 11.9. The molecule has 0 spiro atoms. The van der Waals surface area contributed by atoms with Crippen LogP contribution in [0.25, 0.3) is 20.2 Å². The van der Waals surface area contributed by atoms with E-state index in [1.165, 1.54) is 51.4 Å². The van der Waals surface area contributed by atoms with Crippen LogP contribution in [-0.2, 0) is 28.8 Å². The Kier molecular flexibility index (Phi) is 28.5. The fraction of sp³-hybridized carbons (Fsp3) is 0.583. The number of hydrogen-bond acceptors (Lipinski definition) is 13. The quantitative estimate of drug-likeness (QED) is 0.0340. The van der Waals surface area contributed by atoms with Crippen molar-refractivity contribution >= 4 is 79.1 Å². The molecule has 0 fully saturated rings. The minimum Gasteiger partial charge on any atom is -0.481 e. The molecule has 0 bridgehead atoms. The molecule has 3 aromatic rings. The molecule has 0 saturated carbocycles. The predicted molar refractivity (Wildman–Crippen MR) is 260 cm³/mol. The van der Waals surface area contributed by atoms with Gasteiger partial charge in [0.1, 0.15) is 0 Å². The second kappa shape index (κ2) is 32.1. The maximum Gasteiger partial charge on any atom is 0.336 e. The van der Waals surface area contributed by atoms with Crippen LogP contribution in [-0.4, -0.2) is 162 Å². The molecule has 0 radical (unpaired) electrons. The van der Waals surface area contributed by atoms with E-state index in [9.17, 15) is 38.4 Å². The van der Waals surface area contributed by atoms with Gasteiger partial charge < -0.3 is 61.3 Å². The second-order valence-electron chi connectivity index (χ2n) is 16.8. The van der Waals surface area contributed by atoms with E-state index in [0.717, 1.165) is 72.3 Å². The summed E-state index contributed by atoms with van der Waals surface area (Å²) in [5, 5.41) is 76.0. The molecule has 0 saturated heterocycles. The van der Waals surface area contributed by atoms with E-state index in [-0.39, 0.29) is 11.8 Å². The number of carboxylic acids is 6. The van der Waals surface area contributed by atoms with Crippen LogP contribution in [0.3, 0.4) is 0 Å². The van der Waals surface area contributed by atoms with Crippen LogP contribution in [0.15, 0.2) is 36.4 Å². The molecular formula is C48H72N4O16S. The Bertz CT molecular complexity index is 1950. The zero-order valence-corrected chi connectivity index (χ0v) is 41.0. The summed E-state index contributed by atoms with van der Waals surface area (Å²) in [4.78, 5) is 92.1. The van der Waals surface area contributed by atoms with Gasteiger partial charge in [0.2, 0.25) is 0 Å². The van der Waals surface area contributed by atoms with Crippen molar-refractivity contribution in [2.75, 3.05) is 52.4 Å². The lowest BCUT2D eigenvalue weighted by Crippen LogP contribution is -2.42. The van der Waals surface area contributed by atoms with E-state index < -0.39 is 72.7 Å². The summed E-state index contributed by atoms with van der Waals surface area (Å²) in [6.07, 6.45) is 7.09. The Morgan fingerprint density at radius 1 is 0.464 bits per heavy atom. The highest BCUT2D eigenvalue weighted by atomic mass is 32.1. The molecular weight excluding hydrogens is 921 g/mol. The summed E-state index contributed by atoms with van der Waals surface area (Å²) in [5.74, 6) is -10.1. The third kappa shape index (κ3) is 23.4. The van der Waals surface area contributed by atoms with Gasteiger partial charge in [0, 0.05) is 44.4 Å². The van der Waals surface area contributed by atoms with Gasteiger partial charge >= 0.3 is 35.8 Å². The minimum atomic E-state index is -2.74. The van der Waals surface area contributed by atoms with E-state index in [4.69, 9.17) is 40.9 Å². The standard InChI is InChI=1S/C36H56N4O2S.2C6H8O7/c1-5-9-21-39(22-10-6-2)25-13-19-37-35(41)29-15-17-33-31(27-29)32-28-30(16-18-34(32)43-33)36(42)38-20-14-26-40(23-11-7-3)24-12-8-4;2*7-3(8)1-6(13,5(11)12)2-4(9)10/h15-18,27-28H,5-14,19-26H2,1-4H3,(H,37,41)(H,38,42);2*13H,1-2H2,(H,7,8)(H,9,10)(H,11,12). The van der Waals surface area contributed by atoms with Crippen molar-refractivity contribution < 1.29 is 79.2 Å². The Balaban J connectivity index is 0.000000745. The summed E-state index contributed by atoms with van der Waals surface area (Å²) in [5.41, 5.74) is -4.13. The number of aliphatic hydroxyl groups is 2. The van der Waals surface area contributed by atoms with Crippen molar-refractivity contribution in [3.8, 4) is 0 Å². The van der Waals surface area contributed by atoms with Gasteiger partial charge in [-0.05, 0) is 114 Å². The lowest BCUT2D eigenvalue weighted by atomic mass is 9.96. The first kappa shape index (κ1) is 61.3. The number of carbonyl (C=O) groups excluding carboxylic acids is 2. The zero-order valence-electron chi connectivity index (χ0n) is 40.2. The molecule has 69 heavy (non-hydrogen) atoms. The highest BCUT2D eigenvalue weighted by Gasteiger charge is 2.41. The molecule has 2 amide bonds. The largest absolute Gasteiger partial charge is 0.481 e. The van der Waals surface area contributed by atoms with Crippen molar-refractivity contribution in [2.45, 2.75) is 129 Å². The predicted octanol–water partition coefficient (Wildman–Crippen LogP) is 5.60. The van der Waals surface area contributed by atoms with E-state index in [1.807, 2.05) is 36.4 Å². The van der Waals surface area contributed by atoms with Gasteiger partial charge in [0.25, 0.3) is 11.8 Å². The molecule has 20 nitrogen and oxygen atoms in total. The number of carbonyl (C=O) groups is 8. The monoisotopic (exact) mass is 992 g/mol. The van der Waals surface area contributed by atoms with Gasteiger partial charge in [0.15, 0.2) is 11.2 Å². The molecule has 386 valence electrons. The fourth-order valence-corrected chi connectivity index (χ4v) is 7.97. The number of thiophene rings is 1. The number of nitrogens with zero attached hydrogens (tertiary/aromatic N) is 2. The van der Waals surface area contributed by atoms with Crippen LogP contribution in [0.5, 0.6) is 0 Å². The molecule has 0 atom stereocenters. The van der Waals surface area contributed by atoms with Crippen LogP contribution in [0.2, 0.25) is 0 Å². The third-order valence-electron chi connectivity index (χ3n) is 10.7. The van der Waals surface area contributed by atoms with Crippen molar-refractivity contribution in [3.05, 3.63) is 47.5 Å². The summed E-state index contributed by atoms with van der Waals surface area (Å²) in [7, 11) is 0. The Labute approximate surface area is 406 Å². The number of amides is 2. The first-order chi connectivity index (χ1) is 32.6. The topological polar surface area (TPSA) is 329 Å². The van der Waals surface area contributed by atoms with Gasteiger partial charge in [-0.25, -0.2) is 9.59 Å². The number of fused-ring (bicyclic) bond motifs is 3. The number of hydrogen-bond donors (Lipinski definition) is 10. The first-order valence-electron chi connectivity index (χ1n) is 23.3. The smallest absolute Gasteiger partial charge is 0.336 e. The maximum atomic E-state index is 13.0. The number of nitrogens with one attached hydrogen (secondary N) is 2. The van der Waals surface area contributed by atoms with Gasteiger partial charge in [-0.2, -0.15) is 0 Å². The van der Waals surface area contributed by atoms with Gasteiger partial charge in [-0.15, -0.1) is 11.3 Å². The molecule has 21 heteroatoms. The molecule has 1 aromatic heterocycles. The van der Waals surface area contributed by atoms with Crippen LogP contribution < -0.4 is 10.6 Å². The Morgan fingerprint density at radius 2 is 0.739 bits per heavy atom. The van der Waals surface area contributed by atoms with Crippen LogP contribution >= 0.6 is 11.3 Å². The van der Waals surface area contributed by atoms with Crippen molar-refractivity contribution in [1.29, 1.82) is 0 Å². The lowest BCUT2D eigenvalue weighted by Gasteiger charge is -2.21. The number of carboxylic acid groups (broad SMARTS) is 6. The molecule has 3 rings (SSSR count). The van der Waals surface area contributed by atoms with E-state index in [2.05, 4.69) is 48.1 Å². The zero-order chi connectivity index (χ0) is 52.2. The average molecular weight is 993 g/mol. The van der Waals surface area contributed by atoms with E-state index >= 15 is 0 Å². The second-order valence-corrected chi connectivity index (χ2v) is 17.9. The summed E-state index contributed by atoms with van der Waals surface area (Å²) < 4.78 is 2.26. The molecule has 0 unspecified atom stereocenters. The van der Waals surface area contributed by atoms with Crippen LogP contribution in [0.4, 0.5) is 0 Å². The number of aliphatic carboxylic acids is 6. The SMILES string of the molecule is CCCCN(CCCC)CCCNC(=O)c1ccc2sc3ccc(C(=O)NCCCN(CCCC)CCCC)cc3c2c1.O=C(O)CC(O)(CC(=O)O)C(=O)O.O=C(O)CC(O)(CC(=O)O)C(=O)O. The van der Waals surface area contributed by atoms with E-state index in [0.29, 0.717) is 24.2 Å². The summed E-state index contributed by atoms with van der Waals surface area (Å²) >= 11 is 1.70. The molecule has 0 aliphatic heterocycles. The number of benzene rings is 2. The molecule has 0 aliphatic carbocycles. The highest BCUT2D eigenvalue weighted by molar-refractivity contribution is 7.25. The van der Waals surface area contributed by atoms with Crippen LogP contribution in [0.1, 0.15) is 138 Å². The van der Waals surface area contributed by atoms with Gasteiger partial charge in [-0.3, -0.25) is 28.8 Å². The minimum absolute atomic E-state index is 0.0317. The normalized spacial score (nSPS) is 11.4. The highest BCUT2D eigenvalue weighted by Crippen LogP contribution is 2.35. The average Bonchev–Trinajstić information content (AvgIpc) is 3.64. The molecule has 0 aliphatic rings. The first-order valence-corrected chi connectivity index (χ1v) is 24.1. The fourth-order valence-electron chi connectivity index (χ4n) is 6.90. The number of unbranched alkanes of at least 4 members (excludes halogenated alkanes) is 4. The van der Waals surface area contributed by atoms with Crippen LogP contribution in [0, 0.1) is 0 Å². The van der Waals surface area contributed by atoms with Crippen molar-refractivity contribution in [3.63, 3.8) is 0 Å². The molecule has 2 aromatic carbocycles. The number of rotatable bonds is 32. The van der Waals surface area contributed by atoms with E-state index in [1.54, 1.807) is 11.3 Å². The molecule has 1 heterocycles. The van der Waals surface area contributed by atoms with Gasteiger partial charge in [0.05, 0.1) is 25.7 Å². The molecule has 10 N–H and O–H groups in total. The maximum absolute atomic E-state index is 13.0. The van der Waals surface area contributed by atoms with Crippen molar-refractivity contribution in [1.82, 2.24) is 20.4 Å².